The Kier molecular flexibility index (Phi) is 5.15. The van der Waals surface area contributed by atoms with E-state index in [-0.39, 0.29) is 6.54 Å². The van der Waals surface area contributed by atoms with Crippen LogP contribution >= 0.6 is 0 Å². The molecule has 1 aromatic carbocycles. The number of nitrogens with zero attached hydrogens (tertiary/aromatic N) is 1. The summed E-state index contributed by atoms with van der Waals surface area (Å²) in [6, 6.07) is 6.28. The topological polar surface area (TPSA) is 82.1 Å². The smallest absolute Gasteiger partial charge is 0.465 e. The molecular formula is C17H24NO6+. The molecule has 7 heteroatoms. The summed E-state index contributed by atoms with van der Waals surface area (Å²) in [5, 5.41) is 9.87. The third kappa shape index (κ3) is 4.24. The van der Waals surface area contributed by atoms with E-state index in [0.717, 1.165) is 0 Å². The average Bonchev–Trinajstić information content (AvgIpc) is 2.88. The van der Waals surface area contributed by atoms with E-state index in [1.807, 2.05) is 0 Å². The van der Waals surface area contributed by atoms with E-state index in [0.29, 0.717) is 24.3 Å². The van der Waals surface area contributed by atoms with Crippen molar-refractivity contribution in [1.82, 2.24) is 0 Å². The highest BCUT2D eigenvalue weighted by Crippen LogP contribution is 2.27. The lowest BCUT2D eigenvalue weighted by Gasteiger charge is -2.30. The van der Waals surface area contributed by atoms with Crippen molar-refractivity contribution in [3.05, 3.63) is 29.8 Å². The fraction of sp³-hybridized carbons (Fsp3) is 0.529. The summed E-state index contributed by atoms with van der Waals surface area (Å²) in [7, 11) is 1.31. The zero-order valence-corrected chi connectivity index (χ0v) is 14.4. The maximum Gasteiger partial charge on any atom is 0.559 e. The first-order valence-electron chi connectivity index (χ1n) is 7.82. The summed E-state index contributed by atoms with van der Waals surface area (Å²) in [5.41, 5.74) is -0.274. The van der Waals surface area contributed by atoms with Crippen LogP contribution in [0.5, 0.6) is 5.75 Å². The lowest BCUT2D eigenvalue weighted by Crippen LogP contribution is -2.55. The number of aliphatic hydroxyl groups excluding tert-OH is 1. The van der Waals surface area contributed by atoms with E-state index < -0.39 is 28.4 Å². The third-order valence-corrected chi connectivity index (χ3v) is 3.61. The second-order valence-electron chi connectivity index (χ2n) is 6.83. The van der Waals surface area contributed by atoms with Crippen molar-refractivity contribution in [3.63, 3.8) is 0 Å². The maximum atomic E-state index is 12.6. The van der Waals surface area contributed by atoms with Gasteiger partial charge in [0.1, 0.15) is 18.2 Å². The minimum absolute atomic E-state index is 0.119. The SMILES string of the molecule is COC(=O)c1ccc(O[N+]2(C(=O)OC(C)(C)C)CC[C@@H](O)C2)cc1. The normalized spacial score (nSPS) is 23.6. The van der Waals surface area contributed by atoms with Gasteiger partial charge in [0.25, 0.3) is 0 Å². The van der Waals surface area contributed by atoms with Gasteiger partial charge in [-0.3, -0.25) is 0 Å². The van der Waals surface area contributed by atoms with Crippen molar-refractivity contribution in [1.29, 1.82) is 0 Å². The molecule has 0 spiro atoms. The van der Waals surface area contributed by atoms with Gasteiger partial charge in [-0.1, -0.05) is 0 Å². The second kappa shape index (κ2) is 6.78. The summed E-state index contributed by atoms with van der Waals surface area (Å²) in [6.45, 7) is 5.76. The van der Waals surface area contributed by atoms with Gasteiger partial charge in [0.2, 0.25) is 0 Å². The number of rotatable bonds is 3. The number of hydrogen-bond acceptors (Lipinski definition) is 6. The molecule has 0 radical (unpaired) electrons. The molecule has 1 heterocycles. The van der Waals surface area contributed by atoms with Gasteiger partial charge in [0.15, 0.2) is 12.3 Å². The number of methoxy groups -OCH3 is 1. The van der Waals surface area contributed by atoms with Crippen molar-refractivity contribution in [2.45, 2.75) is 38.9 Å². The summed E-state index contributed by atoms with van der Waals surface area (Å²) in [6.07, 6.45) is -0.734. The quantitative estimate of drug-likeness (QED) is 0.672. The number of carbonyl (C=O) groups is 2. The molecule has 1 N–H and O–H groups in total. The number of carbonyl (C=O) groups excluding carboxylic acids is 2. The van der Waals surface area contributed by atoms with E-state index in [1.165, 1.54) is 7.11 Å². The molecular weight excluding hydrogens is 314 g/mol. The third-order valence-electron chi connectivity index (χ3n) is 3.61. The van der Waals surface area contributed by atoms with Gasteiger partial charge in [-0.2, -0.15) is 4.79 Å². The van der Waals surface area contributed by atoms with Crippen LogP contribution in [0.1, 0.15) is 37.6 Å². The van der Waals surface area contributed by atoms with Crippen LogP contribution in [0.15, 0.2) is 24.3 Å². The molecule has 7 nitrogen and oxygen atoms in total. The Morgan fingerprint density at radius 1 is 1.21 bits per heavy atom. The van der Waals surface area contributed by atoms with Crippen LogP contribution in [0.25, 0.3) is 0 Å². The fourth-order valence-corrected chi connectivity index (χ4v) is 2.48. The summed E-state index contributed by atoms with van der Waals surface area (Å²) < 4.78 is 9.66. The minimum atomic E-state index is -0.659. The van der Waals surface area contributed by atoms with E-state index in [9.17, 15) is 14.7 Å². The standard InChI is InChI=1S/C17H24NO6/c1-17(2,3)23-16(21)18(10-9-13(19)11-18)24-14-7-5-12(6-8-14)15(20)22-4/h5-8,13,19H,9-11H2,1-4H3/q+1/t13-,18?/m1/s1. The van der Waals surface area contributed by atoms with E-state index in [4.69, 9.17) is 9.57 Å². The number of ether oxygens (including phenoxy) is 2. The maximum absolute atomic E-state index is 12.6. The van der Waals surface area contributed by atoms with E-state index in [2.05, 4.69) is 4.74 Å². The molecule has 1 aromatic rings. The van der Waals surface area contributed by atoms with Gasteiger partial charge in [-0.15, -0.1) is 0 Å². The van der Waals surface area contributed by atoms with Crippen molar-refractivity contribution < 1.29 is 33.7 Å². The number of amides is 1. The molecule has 1 aliphatic heterocycles. The Balaban J connectivity index is 2.20. The van der Waals surface area contributed by atoms with E-state index >= 15 is 0 Å². The molecule has 0 saturated carbocycles. The van der Waals surface area contributed by atoms with Crippen LogP contribution in [0.2, 0.25) is 0 Å². The molecule has 1 unspecified atom stereocenters. The Morgan fingerprint density at radius 3 is 2.29 bits per heavy atom. The highest BCUT2D eigenvalue weighted by Gasteiger charge is 2.51. The van der Waals surface area contributed by atoms with Crippen LogP contribution < -0.4 is 4.84 Å². The minimum Gasteiger partial charge on any atom is -0.465 e. The molecule has 0 aliphatic carbocycles. The van der Waals surface area contributed by atoms with Crippen LogP contribution in [-0.2, 0) is 9.47 Å². The van der Waals surface area contributed by atoms with Gasteiger partial charge in [-0.25, -0.2) is 4.79 Å². The molecule has 1 fully saturated rings. The summed E-state index contributed by atoms with van der Waals surface area (Å²) >= 11 is 0. The van der Waals surface area contributed by atoms with Crippen molar-refractivity contribution in [2.75, 3.05) is 20.2 Å². The first-order valence-corrected chi connectivity index (χ1v) is 7.82. The van der Waals surface area contributed by atoms with Crippen molar-refractivity contribution in [3.8, 4) is 5.75 Å². The Morgan fingerprint density at radius 2 is 1.83 bits per heavy atom. The Bertz CT molecular complexity index is 607. The molecule has 24 heavy (non-hydrogen) atoms. The number of likely N-dealkylation sites (tertiary alicyclic amines) is 1. The number of benzene rings is 1. The number of hydroxylamine groups is 3. The first-order chi connectivity index (χ1) is 11.1. The number of hydrogen-bond donors (Lipinski definition) is 1. The predicted molar refractivity (Wildman–Crippen MR) is 85.3 cm³/mol. The van der Waals surface area contributed by atoms with Crippen LogP contribution in [-0.4, -0.2) is 53.7 Å². The highest BCUT2D eigenvalue weighted by molar-refractivity contribution is 5.89. The lowest BCUT2D eigenvalue weighted by atomic mass is 10.2. The van der Waals surface area contributed by atoms with Crippen molar-refractivity contribution >= 4 is 12.1 Å². The fourth-order valence-electron chi connectivity index (χ4n) is 2.48. The molecule has 1 aliphatic rings. The highest BCUT2D eigenvalue weighted by atomic mass is 16.8. The predicted octanol–water partition coefficient (Wildman–Crippen LogP) is 2.28. The summed E-state index contributed by atoms with van der Waals surface area (Å²) in [4.78, 5) is 29.9. The average molecular weight is 338 g/mol. The van der Waals surface area contributed by atoms with Crippen LogP contribution in [0.3, 0.4) is 0 Å². The number of esters is 1. The Labute approximate surface area is 141 Å². The molecule has 0 bridgehead atoms. The zero-order chi connectivity index (χ0) is 18.0. The second-order valence-corrected chi connectivity index (χ2v) is 6.83. The molecule has 2 atom stereocenters. The van der Waals surface area contributed by atoms with Gasteiger partial charge >= 0.3 is 12.1 Å². The summed E-state index contributed by atoms with van der Waals surface area (Å²) in [5.74, 6) is -0.0446. The first kappa shape index (κ1) is 18.2. The Hall–Kier alpha value is -2.12. The van der Waals surface area contributed by atoms with E-state index in [1.54, 1.807) is 45.0 Å². The lowest BCUT2D eigenvalue weighted by molar-refractivity contribution is -1.01. The molecule has 1 saturated heterocycles. The van der Waals surface area contributed by atoms with Gasteiger partial charge in [0.05, 0.1) is 12.7 Å². The van der Waals surface area contributed by atoms with Crippen LogP contribution in [0, 0.1) is 0 Å². The molecule has 2 rings (SSSR count). The van der Waals surface area contributed by atoms with Gasteiger partial charge < -0.3 is 19.4 Å². The monoisotopic (exact) mass is 338 g/mol. The largest absolute Gasteiger partial charge is 0.559 e. The molecule has 1 amide bonds. The number of quaternary nitrogens is 1. The number of aliphatic hydroxyl groups is 1. The molecule has 132 valence electrons. The molecule has 0 aromatic heterocycles. The van der Waals surface area contributed by atoms with Crippen molar-refractivity contribution in [2.24, 2.45) is 0 Å². The van der Waals surface area contributed by atoms with Gasteiger partial charge in [-0.05, 0) is 49.7 Å². The van der Waals surface area contributed by atoms with Crippen LogP contribution in [0.4, 0.5) is 4.79 Å². The zero-order valence-electron chi connectivity index (χ0n) is 14.4. The van der Waals surface area contributed by atoms with Gasteiger partial charge in [0, 0.05) is 6.42 Å².